The van der Waals surface area contributed by atoms with Crippen LogP contribution in [0.15, 0.2) is 41.0 Å². The molecule has 1 atom stereocenters. The Bertz CT molecular complexity index is 540. The summed E-state index contributed by atoms with van der Waals surface area (Å²) in [6, 6.07) is 9.79. The van der Waals surface area contributed by atoms with Crippen LogP contribution in [0, 0.1) is 6.92 Å². The molecule has 1 unspecified atom stereocenters. The number of benzene rings is 1. The summed E-state index contributed by atoms with van der Waals surface area (Å²) in [4.78, 5) is 4.33. The predicted octanol–water partition coefficient (Wildman–Crippen LogP) is 4.05. The fraction of sp³-hybridized carbons (Fsp3) is 0.214. The highest BCUT2D eigenvalue weighted by molar-refractivity contribution is 9.10. The number of aryl methyl sites for hydroxylation is 1. The topological polar surface area (TPSA) is 38.9 Å². The molecule has 0 radical (unpaired) electrons. The van der Waals surface area contributed by atoms with Gasteiger partial charge in [-0.2, -0.15) is 0 Å². The van der Waals surface area contributed by atoms with Crippen LogP contribution < -0.4 is 5.73 Å². The molecule has 0 saturated heterocycles. The van der Waals surface area contributed by atoms with Gasteiger partial charge in [0.05, 0.1) is 0 Å². The van der Waals surface area contributed by atoms with Crippen molar-refractivity contribution in [2.75, 3.05) is 0 Å². The highest BCUT2D eigenvalue weighted by Crippen LogP contribution is 2.21. The van der Waals surface area contributed by atoms with Gasteiger partial charge in [0.25, 0.3) is 0 Å². The van der Waals surface area contributed by atoms with Crippen LogP contribution in [0.25, 0.3) is 0 Å². The summed E-state index contributed by atoms with van der Waals surface area (Å²) in [5, 5.41) is 0.771. The van der Waals surface area contributed by atoms with E-state index in [2.05, 4.69) is 20.9 Å². The highest BCUT2D eigenvalue weighted by atomic mass is 79.9. The Morgan fingerprint density at radius 1 is 1.33 bits per heavy atom. The van der Waals surface area contributed by atoms with E-state index < -0.39 is 0 Å². The summed E-state index contributed by atoms with van der Waals surface area (Å²) in [5.41, 5.74) is 9.31. The Morgan fingerprint density at radius 3 is 2.72 bits per heavy atom. The molecule has 0 fully saturated rings. The van der Waals surface area contributed by atoms with Gasteiger partial charge in [-0.3, -0.25) is 4.98 Å². The van der Waals surface area contributed by atoms with Crippen molar-refractivity contribution in [3.05, 3.63) is 62.8 Å². The quantitative estimate of drug-likeness (QED) is 0.924. The van der Waals surface area contributed by atoms with E-state index in [0.29, 0.717) is 6.42 Å². The Labute approximate surface area is 120 Å². The third-order valence-corrected chi connectivity index (χ3v) is 3.72. The summed E-state index contributed by atoms with van der Waals surface area (Å²) in [6.45, 7) is 1.98. The van der Waals surface area contributed by atoms with Gasteiger partial charge < -0.3 is 5.73 Å². The number of aromatic nitrogens is 1. The monoisotopic (exact) mass is 324 g/mol. The molecule has 0 aliphatic rings. The molecule has 4 heteroatoms. The van der Waals surface area contributed by atoms with E-state index in [1.54, 1.807) is 6.20 Å². The van der Waals surface area contributed by atoms with Crippen molar-refractivity contribution < 1.29 is 0 Å². The molecule has 0 aliphatic carbocycles. The SMILES string of the molecule is Cc1cc(C(N)Cc2ccc(Br)cn2)ccc1Cl. The Hall–Kier alpha value is -0.900. The van der Waals surface area contributed by atoms with Crippen molar-refractivity contribution in [2.24, 2.45) is 5.73 Å². The Balaban J connectivity index is 2.13. The van der Waals surface area contributed by atoms with Crippen molar-refractivity contribution in [1.29, 1.82) is 0 Å². The lowest BCUT2D eigenvalue weighted by Gasteiger charge is -2.13. The zero-order valence-corrected chi connectivity index (χ0v) is 12.4. The first-order valence-electron chi connectivity index (χ1n) is 5.68. The molecule has 0 bridgehead atoms. The van der Waals surface area contributed by atoms with Crippen LogP contribution in [-0.2, 0) is 6.42 Å². The van der Waals surface area contributed by atoms with Gasteiger partial charge in [-0.1, -0.05) is 23.7 Å². The van der Waals surface area contributed by atoms with Crippen LogP contribution in [0.3, 0.4) is 0 Å². The van der Waals surface area contributed by atoms with Gasteiger partial charge in [-0.15, -0.1) is 0 Å². The number of rotatable bonds is 3. The minimum atomic E-state index is -0.0605. The lowest BCUT2D eigenvalue weighted by Crippen LogP contribution is -2.14. The van der Waals surface area contributed by atoms with E-state index in [0.717, 1.165) is 26.3 Å². The maximum absolute atomic E-state index is 6.19. The van der Waals surface area contributed by atoms with E-state index in [1.807, 2.05) is 37.3 Å². The summed E-state index contributed by atoms with van der Waals surface area (Å²) < 4.78 is 0.974. The molecule has 1 aromatic carbocycles. The van der Waals surface area contributed by atoms with Crippen LogP contribution in [0.5, 0.6) is 0 Å². The molecule has 1 heterocycles. The molecule has 94 valence electrons. The van der Waals surface area contributed by atoms with Gasteiger partial charge in [-0.25, -0.2) is 0 Å². The molecule has 0 saturated carbocycles. The molecule has 18 heavy (non-hydrogen) atoms. The lowest BCUT2D eigenvalue weighted by molar-refractivity contribution is 0.706. The van der Waals surface area contributed by atoms with E-state index in [1.165, 1.54) is 0 Å². The van der Waals surface area contributed by atoms with Crippen molar-refractivity contribution in [1.82, 2.24) is 4.98 Å². The predicted molar refractivity (Wildman–Crippen MR) is 78.8 cm³/mol. The van der Waals surface area contributed by atoms with E-state index in [4.69, 9.17) is 17.3 Å². The highest BCUT2D eigenvalue weighted by Gasteiger charge is 2.09. The number of halogens is 2. The summed E-state index contributed by atoms with van der Waals surface area (Å²) in [7, 11) is 0. The summed E-state index contributed by atoms with van der Waals surface area (Å²) >= 11 is 9.37. The van der Waals surface area contributed by atoms with E-state index in [9.17, 15) is 0 Å². The average molecular weight is 326 g/mol. The summed E-state index contributed by atoms with van der Waals surface area (Å²) in [6.07, 6.45) is 2.50. The van der Waals surface area contributed by atoms with Gasteiger partial charge in [-0.05, 0) is 52.2 Å². The molecule has 2 aromatic rings. The second-order valence-corrected chi connectivity index (χ2v) is 5.61. The summed E-state index contributed by atoms with van der Waals surface area (Å²) in [5.74, 6) is 0. The van der Waals surface area contributed by atoms with Crippen LogP contribution in [0.2, 0.25) is 5.02 Å². The smallest absolute Gasteiger partial charge is 0.0435 e. The first-order valence-corrected chi connectivity index (χ1v) is 6.85. The van der Waals surface area contributed by atoms with Gasteiger partial charge in [0.15, 0.2) is 0 Å². The number of hydrogen-bond acceptors (Lipinski definition) is 2. The molecule has 0 aliphatic heterocycles. The number of pyridine rings is 1. The van der Waals surface area contributed by atoms with E-state index >= 15 is 0 Å². The molecule has 2 rings (SSSR count). The molecular weight excluding hydrogens is 312 g/mol. The Kier molecular flexibility index (Phi) is 4.38. The first kappa shape index (κ1) is 13.5. The van der Waals surface area contributed by atoms with Crippen LogP contribution in [0.1, 0.15) is 22.9 Å². The lowest BCUT2D eigenvalue weighted by atomic mass is 10.0. The van der Waals surface area contributed by atoms with Crippen LogP contribution >= 0.6 is 27.5 Å². The molecule has 2 N–H and O–H groups in total. The normalized spacial score (nSPS) is 12.4. The van der Waals surface area contributed by atoms with Gasteiger partial charge in [0.2, 0.25) is 0 Å². The van der Waals surface area contributed by atoms with Gasteiger partial charge >= 0.3 is 0 Å². The maximum Gasteiger partial charge on any atom is 0.0435 e. The van der Waals surface area contributed by atoms with Crippen molar-refractivity contribution >= 4 is 27.5 Å². The van der Waals surface area contributed by atoms with Crippen LogP contribution in [0.4, 0.5) is 0 Å². The average Bonchev–Trinajstić information content (AvgIpc) is 2.35. The molecular formula is C14H14BrClN2. The maximum atomic E-state index is 6.19. The molecule has 2 nitrogen and oxygen atoms in total. The number of nitrogens with two attached hydrogens (primary N) is 1. The van der Waals surface area contributed by atoms with E-state index in [-0.39, 0.29) is 6.04 Å². The number of hydrogen-bond donors (Lipinski definition) is 1. The van der Waals surface area contributed by atoms with Gasteiger partial charge in [0.1, 0.15) is 0 Å². The molecule has 0 spiro atoms. The number of nitrogens with zero attached hydrogens (tertiary/aromatic N) is 1. The van der Waals surface area contributed by atoms with Gasteiger partial charge in [0, 0.05) is 33.8 Å². The molecule has 0 amide bonds. The third-order valence-electron chi connectivity index (χ3n) is 2.83. The fourth-order valence-electron chi connectivity index (χ4n) is 1.77. The fourth-order valence-corrected chi connectivity index (χ4v) is 2.12. The first-order chi connectivity index (χ1) is 8.56. The minimum absolute atomic E-state index is 0.0605. The second kappa shape index (κ2) is 5.83. The third kappa shape index (κ3) is 3.31. The van der Waals surface area contributed by atoms with Crippen molar-refractivity contribution in [3.63, 3.8) is 0 Å². The minimum Gasteiger partial charge on any atom is -0.324 e. The largest absolute Gasteiger partial charge is 0.324 e. The van der Waals surface area contributed by atoms with Crippen LogP contribution in [-0.4, -0.2) is 4.98 Å². The standard InChI is InChI=1S/C14H14BrClN2/c1-9-6-10(2-5-13(9)16)14(17)7-12-4-3-11(15)8-18-12/h2-6,8,14H,7,17H2,1H3. The van der Waals surface area contributed by atoms with Crippen molar-refractivity contribution in [3.8, 4) is 0 Å². The molecule has 1 aromatic heterocycles. The van der Waals surface area contributed by atoms with Crippen molar-refractivity contribution in [2.45, 2.75) is 19.4 Å². The Morgan fingerprint density at radius 2 is 2.11 bits per heavy atom. The second-order valence-electron chi connectivity index (χ2n) is 4.29. The zero-order valence-electron chi connectivity index (χ0n) is 10.0. The zero-order chi connectivity index (χ0) is 13.1.